The lowest BCUT2D eigenvalue weighted by molar-refractivity contribution is 0.702. The van der Waals surface area contributed by atoms with Gasteiger partial charge >= 0.3 is 0 Å². The van der Waals surface area contributed by atoms with E-state index in [2.05, 4.69) is 36.2 Å². The molecule has 1 atom stereocenters. The number of aliphatic imine (C=N–C) groups is 1. The number of benzene rings is 1. The number of aryl methyl sites for hydroxylation is 1. The fourth-order valence-corrected chi connectivity index (χ4v) is 1.85. The summed E-state index contributed by atoms with van der Waals surface area (Å²) in [6.45, 7) is 2.05. The topological polar surface area (TPSA) is 12.4 Å². The average molecular weight is 216 g/mol. The molecule has 0 aliphatic carbocycles. The van der Waals surface area contributed by atoms with Gasteiger partial charge in [0.1, 0.15) is 0 Å². The van der Waals surface area contributed by atoms with Crippen LogP contribution in [0, 0.1) is 5.92 Å². The summed E-state index contributed by atoms with van der Waals surface area (Å²) in [7, 11) is 0. The molecule has 1 heteroatoms. The van der Waals surface area contributed by atoms with E-state index < -0.39 is 6.85 Å². The fraction of sp³-hybridized carbons (Fsp3) is 0.400. The molecule has 16 heavy (non-hydrogen) atoms. The average Bonchev–Trinajstić information content (AvgIpc) is 2.37. The van der Waals surface area contributed by atoms with Crippen molar-refractivity contribution >= 4 is 5.71 Å². The van der Waals surface area contributed by atoms with E-state index in [4.69, 9.17) is 4.11 Å². The highest BCUT2D eigenvalue weighted by Crippen LogP contribution is 2.22. The Kier molecular flexibility index (Phi) is 2.27. The maximum absolute atomic E-state index is 7.48. The maximum Gasteiger partial charge on any atom is 0.0481 e. The Bertz CT molecular complexity index is 509. The zero-order chi connectivity index (χ0) is 14.0. The molecule has 0 bridgehead atoms. The van der Waals surface area contributed by atoms with E-state index in [1.807, 2.05) is 6.92 Å². The van der Waals surface area contributed by atoms with E-state index in [0.717, 1.165) is 17.7 Å². The number of rotatable bonds is 2. The van der Waals surface area contributed by atoms with E-state index in [9.17, 15) is 0 Å². The van der Waals surface area contributed by atoms with Crippen molar-refractivity contribution in [3.8, 4) is 0 Å². The van der Waals surface area contributed by atoms with Gasteiger partial charge in [-0.05, 0) is 36.7 Å². The van der Waals surface area contributed by atoms with Gasteiger partial charge in [0.25, 0.3) is 0 Å². The highest BCUT2D eigenvalue weighted by atomic mass is 14.7. The molecule has 1 nitrogen and oxygen atoms in total. The molecule has 2 rings (SSSR count). The second-order valence-electron chi connectivity index (χ2n) is 4.32. The van der Waals surface area contributed by atoms with Crippen molar-refractivity contribution in [3.63, 3.8) is 0 Å². The Morgan fingerprint density at radius 1 is 1.38 bits per heavy atom. The molecule has 1 aromatic carbocycles. The summed E-state index contributed by atoms with van der Waals surface area (Å²) < 4.78 is 22.4. The van der Waals surface area contributed by atoms with Gasteiger partial charge in [0, 0.05) is 16.0 Å². The molecule has 0 radical (unpaired) electrons. The van der Waals surface area contributed by atoms with Gasteiger partial charge in [0.15, 0.2) is 0 Å². The molecule has 0 saturated carbocycles. The van der Waals surface area contributed by atoms with Crippen molar-refractivity contribution in [2.75, 3.05) is 0 Å². The summed E-state index contributed by atoms with van der Waals surface area (Å²) in [5.74, 6) is 0.0193. The first-order chi connectivity index (χ1) is 8.91. The molecule has 1 unspecified atom stereocenters. The molecule has 0 N–H and O–H groups in total. The van der Waals surface area contributed by atoms with Gasteiger partial charge in [-0.3, -0.25) is 4.99 Å². The standard InChI is InChI=1S/C15H19N/c1-4-13-5-7-14(8-6-13)15-9-11(2)12(3)10-16-15/h5-8,10-11H,4,9H2,1-3H3/i3D3. The molecule has 1 aliphatic rings. The highest BCUT2D eigenvalue weighted by Gasteiger charge is 2.14. The van der Waals surface area contributed by atoms with Gasteiger partial charge in [0.2, 0.25) is 0 Å². The summed E-state index contributed by atoms with van der Waals surface area (Å²) in [5.41, 5.74) is 3.82. The molecular formula is C15H19N. The van der Waals surface area contributed by atoms with Crippen LogP contribution in [0.25, 0.3) is 0 Å². The fourth-order valence-electron chi connectivity index (χ4n) is 1.85. The van der Waals surface area contributed by atoms with Gasteiger partial charge in [-0.2, -0.15) is 0 Å². The second kappa shape index (κ2) is 4.65. The van der Waals surface area contributed by atoms with E-state index in [1.165, 1.54) is 11.8 Å². The minimum Gasteiger partial charge on any atom is -0.261 e. The summed E-state index contributed by atoms with van der Waals surface area (Å²) in [4.78, 5) is 4.35. The third-order valence-electron chi connectivity index (χ3n) is 3.09. The summed E-state index contributed by atoms with van der Waals surface area (Å²) in [6, 6.07) is 8.34. The number of nitrogens with zero attached hydrogens (tertiary/aromatic N) is 1. The predicted molar refractivity (Wildman–Crippen MR) is 69.9 cm³/mol. The first-order valence-electron chi connectivity index (χ1n) is 7.28. The molecule has 84 valence electrons. The molecule has 0 fully saturated rings. The quantitative estimate of drug-likeness (QED) is 0.709. The third-order valence-corrected chi connectivity index (χ3v) is 3.09. The van der Waals surface area contributed by atoms with Crippen molar-refractivity contribution in [1.29, 1.82) is 0 Å². The Balaban J connectivity index is 2.27. The van der Waals surface area contributed by atoms with Crippen LogP contribution < -0.4 is 0 Å². The van der Waals surface area contributed by atoms with Crippen LogP contribution in [-0.2, 0) is 6.42 Å². The zero-order valence-corrected chi connectivity index (χ0v) is 9.83. The van der Waals surface area contributed by atoms with Crippen LogP contribution in [-0.4, -0.2) is 5.71 Å². The first kappa shape index (κ1) is 7.83. The van der Waals surface area contributed by atoms with E-state index in [0.29, 0.717) is 12.0 Å². The second-order valence-corrected chi connectivity index (χ2v) is 4.32. The van der Waals surface area contributed by atoms with Crippen molar-refractivity contribution in [2.45, 2.75) is 33.5 Å². The van der Waals surface area contributed by atoms with E-state index >= 15 is 0 Å². The van der Waals surface area contributed by atoms with Crippen LogP contribution in [0.5, 0.6) is 0 Å². The molecule has 0 spiro atoms. The van der Waals surface area contributed by atoms with Crippen LogP contribution in [0.15, 0.2) is 41.0 Å². The van der Waals surface area contributed by atoms with Crippen molar-refractivity contribution in [3.05, 3.63) is 47.2 Å². The van der Waals surface area contributed by atoms with E-state index in [-0.39, 0.29) is 5.92 Å². The van der Waals surface area contributed by atoms with Gasteiger partial charge in [-0.15, -0.1) is 0 Å². The maximum atomic E-state index is 7.48. The molecule has 1 aromatic rings. The van der Waals surface area contributed by atoms with Crippen LogP contribution in [0.1, 0.15) is 42.4 Å². The summed E-state index contributed by atoms with van der Waals surface area (Å²) in [6.07, 6.45) is 3.24. The number of allylic oxidation sites excluding steroid dienone is 1. The lowest BCUT2D eigenvalue weighted by Gasteiger charge is -2.18. The Hall–Kier alpha value is -1.37. The normalized spacial score (nSPS) is 23.9. The monoisotopic (exact) mass is 216 g/mol. The molecule has 1 heterocycles. The summed E-state index contributed by atoms with van der Waals surface area (Å²) in [5, 5.41) is 0. The Morgan fingerprint density at radius 3 is 2.69 bits per heavy atom. The molecule has 0 saturated heterocycles. The van der Waals surface area contributed by atoms with E-state index in [1.54, 1.807) is 0 Å². The van der Waals surface area contributed by atoms with Crippen molar-refractivity contribution < 1.29 is 4.11 Å². The lowest BCUT2D eigenvalue weighted by Crippen LogP contribution is -2.11. The third kappa shape index (κ3) is 2.24. The largest absolute Gasteiger partial charge is 0.261 e. The lowest BCUT2D eigenvalue weighted by atomic mass is 9.91. The van der Waals surface area contributed by atoms with Gasteiger partial charge < -0.3 is 0 Å². The minimum atomic E-state index is -2.03. The predicted octanol–water partition coefficient (Wildman–Crippen LogP) is 3.98. The highest BCUT2D eigenvalue weighted by molar-refractivity contribution is 6.01. The molecule has 0 amide bonds. The Labute approximate surface area is 102 Å². The van der Waals surface area contributed by atoms with Gasteiger partial charge in [0.05, 0.1) is 0 Å². The minimum absolute atomic E-state index is 0.0193. The van der Waals surface area contributed by atoms with Gasteiger partial charge in [-0.1, -0.05) is 43.7 Å². The first-order valence-corrected chi connectivity index (χ1v) is 5.78. The molecule has 1 aliphatic heterocycles. The summed E-state index contributed by atoms with van der Waals surface area (Å²) >= 11 is 0. The number of hydrogen-bond donors (Lipinski definition) is 0. The SMILES string of the molecule is [2H]C([2H])([2H])C1=CN=C(c2ccc(CC)cc2)CC1C. The van der Waals surface area contributed by atoms with Crippen molar-refractivity contribution in [1.82, 2.24) is 0 Å². The van der Waals surface area contributed by atoms with Crippen molar-refractivity contribution in [2.24, 2.45) is 10.9 Å². The molecule has 0 aromatic heterocycles. The van der Waals surface area contributed by atoms with Gasteiger partial charge in [-0.25, -0.2) is 0 Å². The Morgan fingerprint density at radius 2 is 2.12 bits per heavy atom. The van der Waals surface area contributed by atoms with Crippen LogP contribution >= 0.6 is 0 Å². The molecular weight excluding hydrogens is 194 g/mol. The van der Waals surface area contributed by atoms with Crippen LogP contribution in [0.3, 0.4) is 0 Å². The van der Waals surface area contributed by atoms with Crippen LogP contribution in [0.4, 0.5) is 0 Å². The van der Waals surface area contributed by atoms with Crippen LogP contribution in [0.2, 0.25) is 0 Å². The zero-order valence-electron chi connectivity index (χ0n) is 12.8. The smallest absolute Gasteiger partial charge is 0.0481 e. The number of hydrogen-bond acceptors (Lipinski definition) is 1.